The van der Waals surface area contributed by atoms with E-state index >= 15 is 0 Å². The van der Waals surface area contributed by atoms with Gasteiger partial charge in [-0.25, -0.2) is 0 Å². The molecule has 0 spiro atoms. The molecule has 0 N–H and O–H groups in total. The summed E-state index contributed by atoms with van der Waals surface area (Å²) >= 11 is 1.68. The molecule has 0 fully saturated rings. The highest BCUT2D eigenvalue weighted by atomic mass is 32.1. The first-order valence-corrected chi connectivity index (χ1v) is 6.64. The van der Waals surface area contributed by atoms with Crippen LogP contribution in [-0.4, -0.2) is 23.6 Å². The van der Waals surface area contributed by atoms with Crippen molar-refractivity contribution in [3.05, 3.63) is 35.2 Å². The fraction of sp³-hybridized carbons (Fsp3) is 0.286. The van der Waals surface area contributed by atoms with Crippen molar-refractivity contribution in [3.63, 3.8) is 0 Å². The minimum Gasteiger partial charge on any atom is -0.341 e. The molecule has 94 valence electrons. The monoisotopic (exact) mass is 261 g/mol. The average molecular weight is 261 g/mol. The van der Waals surface area contributed by atoms with Gasteiger partial charge in [0.2, 0.25) is 5.91 Å². The van der Waals surface area contributed by atoms with Crippen molar-refractivity contribution < 1.29 is 9.59 Å². The summed E-state index contributed by atoms with van der Waals surface area (Å²) in [4.78, 5) is 24.3. The molecule has 3 nitrogen and oxygen atoms in total. The molecule has 0 unspecified atom stereocenters. The Bertz CT molecular complexity index is 588. The Morgan fingerprint density at radius 2 is 2.00 bits per heavy atom. The molecule has 0 aliphatic carbocycles. The smallest absolute Gasteiger partial charge is 0.230 e. The van der Waals surface area contributed by atoms with E-state index in [1.165, 1.54) is 17.0 Å². The van der Waals surface area contributed by atoms with E-state index < -0.39 is 0 Å². The molecule has 4 heteroatoms. The molecule has 0 aliphatic heterocycles. The highest BCUT2D eigenvalue weighted by molar-refractivity contribution is 7.17. The molecule has 2 aromatic rings. The Hall–Kier alpha value is -1.68. The largest absolute Gasteiger partial charge is 0.341 e. The van der Waals surface area contributed by atoms with Gasteiger partial charge in [0.1, 0.15) is 5.78 Å². The highest BCUT2D eigenvalue weighted by Gasteiger charge is 2.13. The van der Waals surface area contributed by atoms with Gasteiger partial charge < -0.3 is 4.90 Å². The van der Waals surface area contributed by atoms with E-state index in [2.05, 4.69) is 17.5 Å². The van der Waals surface area contributed by atoms with E-state index in [9.17, 15) is 9.59 Å². The molecule has 0 bridgehead atoms. The molecule has 1 heterocycles. The fourth-order valence-electron chi connectivity index (χ4n) is 1.85. The maximum atomic E-state index is 11.7. The minimum atomic E-state index is -0.127. The lowest BCUT2D eigenvalue weighted by Crippen LogP contribution is -2.27. The number of thiophene rings is 1. The van der Waals surface area contributed by atoms with Crippen LogP contribution in [0.25, 0.3) is 10.1 Å². The van der Waals surface area contributed by atoms with Gasteiger partial charge in [0.25, 0.3) is 0 Å². The van der Waals surface area contributed by atoms with Crippen LogP contribution in [-0.2, 0) is 16.1 Å². The lowest BCUT2D eigenvalue weighted by atomic mass is 10.1. The number of carbonyl (C=O) groups is 2. The summed E-state index contributed by atoms with van der Waals surface area (Å²) in [6.07, 6.45) is -0.0153. The Balaban J connectivity index is 2.14. The van der Waals surface area contributed by atoms with Crippen LogP contribution < -0.4 is 0 Å². The van der Waals surface area contributed by atoms with Crippen LogP contribution in [0.5, 0.6) is 0 Å². The number of fused-ring (bicyclic) bond motifs is 1. The number of ketones is 1. The Morgan fingerprint density at radius 1 is 1.28 bits per heavy atom. The molecule has 0 atom stereocenters. The molecule has 1 aromatic carbocycles. The lowest BCUT2D eigenvalue weighted by Gasteiger charge is -2.16. The van der Waals surface area contributed by atoms with E-state index in [0.717, 1.165) is 5.56 Å². The second-order valence-electron chi connectivity index (χ2n) is 4.39. The van der Waals surface area contributed by atoms with Gasteiger partial charge in [-0.2, -0.15) is 0 Å². The van der Waals surface area contributed by atoms with Crippen LogP contribution in [0, 0.1) is 0 Å². The van der Waals surface area contributed by atoms with Gasteiger partial charge in [-0.15, -0.1) is 11.3 Å². The quantitative estimate of drug-likeness (QED) is 0.794. The van der Waals surface area contributed by atoms with Crippen LogP contribution in [0.1, 0.15) is 18.9 Å². The summed E-state index contributed by atoms with van der Waals surface area (Å²) in [5.74, 6) is -0.222. The van der Waals surface area contributed by atoms with E-state index in [1.807, 2.05) is 12.1 Å². The number of nitrogens with zero attached hydrogens (tertiary/aromatic N) is 1. The second kappa shape index (κ2) is 5.31. The zero-order valence-corrected chi connectivity index (χ0v) is 11.3. The lowest BCUT2D eigenvalue weighted by molar-refractivity contribution is -0.134. The van der Waals surface area contributed by atoms with Crippen molar-refractivity contribution in [2.45, 2.75) is 19.9 Å². The molecule has 0 saturated heterocycles. The van der Waals surface area contributed by atoms with Crippen molar-refractivity contribution in [2.75, 3.05) is 7.05 Å². The average Bonchev–Trinajstić information content (AvgIpc) is 2.72. The highest BCUT2D eigenvalue weighted by Crippen LogP contribution is 2.26. The van der Waals surface area contributed by atoms with E-state index in [1.54, 1.807) is 23.3 Å². The van der Waals surface area contributed by atoms with E-state index in [4.69, 9.17) is 0 Å². The Kier molecular flexibility index (Phi) is 3.77. The first-order valence-electron chi connectivity index (χ1n) is 5.76. The van der Waals surface area contributed by atoms with Crippen LogP contribution in [0.4, 0.5) is 0 Å². The third-order valence-corrected chi connectivity index (χ3v) is 3.81. The van der Waals surface area contributed by atoms with Crippen LogP contribution in [0.15, 0.2) is 29.6 Å². The topological polar surface area (TPSA) is 37.4 Å². The molecule has 0 radical (unpaired) electrons. The van der Waals surface area contributed by atoms with Crippen molar-refractivity contribution in [1.29, 1.82) is 0 Å². The molecular formula is C14H15NO2S. The summed E-state index contributed by atoms with van der Waals surface area (Å²) in [7, 11) is 1.73. The first-order chi connectivity index (χ1) is 8.58. The summed E-state index contributed by atoms with van der Waals surface area (Å²) in [6.45, 7) is 1.99. The molecule has 0 aliphatic rings. The standard InChI is InChI=1S/C14H15NO2S/c1-10(16)7-14(17)15(2)8-11-9-18-13-6-4-3-5-12(11)13/h3-6,9H,7-8H2,1-2H3. The number of Topliss-reactive ketones (excluding diaryl/α,β-unsaturated/α-hetero) is 1. The molecule has 1 amide bonds. The molecule has 18 heavy (non-hydrogen) atoms. The minimum absolute atomic E-state index is 0.0153. The van der Waals surface area contributed by atoms with Gasteiger partial charge in [0.05, 0.1) is 6.42 Å². The number of hydrogen-bond acceptors (Lipinski definition) is 3. The summed E-state index contributed by atoms with van der Waals surface area (Å²) in [5, 5.41) is 3.26. The van der Waals surface area contributed by atoms with Gasteiger partial charge >= 0.3 is 0 Å². The van der Waals surface area contributed by atoms with E-state index in [0.29, 0.717) is 6.54 Å². The predicted octanol–water partition coefficient (Wildman–Crippen LogP) is 2.84. The van der Waals surface area contributed by atoms with Crippen LogP contribution >= 0.6 is 11.3 Å². The summed E-state index contributed by atoms with van der Waals surface area (Å²) in [6, 6.07) is 8.13. The van der Waals surface area contributed by atoms with Crippen molar-refractivity contribution in [3.8, 4) is 0 Å². The fourth-order valence-corrected chi connectivity index (χ4v) is 2.80. The normalized spacial score (nSPS) is 10.6. The molecular weight excluding hydrogens is 246 g/mol. The zero-order chi connectivity index (χ0) is 13.1. The number of benzene rings is 1. The van der Waals surface area contributed by atoms with Gasteiger partial charge in [-0.05, 0) is 29.3 Å². The first kappa shape index (κ1) is 12.8. The Morgan fingerprint density at radius 3 is 2.72 bits per heavy atom. The number of amides is 1. The second-order valence-corrected chi connectivity index (χ2v) is 5.30. The van der Waals surface area contributed by atoms with Crippen LogP contribution in [0.2, 0.25) is 0 Å². The molecule has 1 aromatic heterocycles. The van der Waals surface area contributed by atoms with E-state index in [-0.39, 0.29) is 18.1 Å². The number of carbonyl (C=O) groups excluding carboxylic acids is 2. The van der Waals surface area contributed by atoms with Gasteiger partial charge in [-0.3, -0.25) is 9.59 Å². The van der Waals surface area contributed by atoms with Gasteiger partial charge in [0, 0.05) is 18.3 Å². The van der Waals surface area contributed by atoms with Crippen LogP contribution in [0.3, 0.4) is 0 Å². The maximum absolute atomic E-state index is 11.7. The Labute approximate surface area is 110 Å². The van der Waals surface area contributed by atoms with Crippen molar-refractivity contribution >= 4 is 33.1 Å². The van der Waals surface area contributed by atoms with Gasteiger partial charge in [-0.1, -0.05) is 18.2 Å². The molecule has 2 rings (SSSR count). The number of hydrogen-bond donors (Lipinski definition) is 0. The summed E-state index contributed by atoms with van der Waals surface area (Å²) in [5.41, 5.74) is 1.13. The molecule has 0 saturated carbocycles. The third kappa shape index (κ3) is 2.76. The maximum Gasteiger partial charge on any atom is 0.230 e. The number of rotatable bonds is 4. The summed E-state index contributed by atoms with van der Waals surface area (Å²) < 4.78 is 1.22. The van der Waals surface area contributed by atoms with Crippen molar-refractivity contribution in [1.82, 2.24) is 4.90 Å². The van der Waals surface area contributed by atoms with Gasteiger partial charge in [0.15, 0.2) is 0 Å². The SMILES string of the molecule is CC(=O)CC(=O)N(C)Cc1csc2ccccc12. The van der Waals surface area contributed by atoms with Crippen molar-refractivity contribution in [2.24, 2.45) is 0 Å². The third-order valence-electron chi connectivity index (χ3n) is 2.79. The predicted molar refractivity (Wildman–Crippen MR) is 73.6 cm³/mol. The zero-order valence-electron chi connectivity index (χ0n) is 10.5.